The minimum atomic E-state index is -0.951. The van der Waals surface area contributed by atoms with Crippen LogP contribution in [0.5, 0.6) is 0 Å². The number of aryl methyl sites for hydroxylation is 1. The predicted octanol–water partition coefficient (Wildman–Crippen LogP) is 4.35. The van der Waals surface area contributed by atoms with Gasteiger partial charge in [0.25, 0.3) is 5.91 Å². The zero-order chi connectivity index (χ0) is 25.2. The molecule has 0 radical (unpaired) electrons. The molecule has 0 bridgehead atoms. The molecule has 2 aliphatic rings. The molecule has 2 aliphatic heterocycles. The summed E-state index contributed by atoms with van der Waals surface area (Å²) in [6.07, 6.45) is 3.07. The van der Waals surface area contributed by atoms with Gasteiger partial charge in [-0.05, 0) is 69.7 Å². The smallest absolute Gasteiger partial charge is 0.270 e. The number of fused-ring (bicyclic) bond motifs is 1. The van der Waals surface area contributed by atoms with Crippen molar-refractivity contribution in [1.29, 1.82) is 0 Å². The van der Waals surface area contributed by atoms with Gasteiger partial charge in [0.1, 0.15) is 11.9 Å². The molecule has 2 atom stereocenters. The van der Waals surface area contributed by atoms with Gasteiger partial charge < -0.3 is 14.8 Å². The van der Waals surface area contributed by atoms with Gasteiger partial charge in [-0.1, -0.05) is 35.6 Å². The SMILES string of the molecule is Cc1cc(C#CC2CCN(C)CC2)cc(C(=O)NC(c2ccc(Cl)cc2)c2ncn3c2C[C@@H](F)C3)n1. The fourth-order valence-electron chi connectivity index (χ4n) is 4.90. The number of piperidine rings is 1. The number of alkyl halides is 1. The fourth-order valence-corrected chi connectivity index (χ4v) is 5.02. The molecule has 5 rings (SSSR count). The van der Waals surface area contributed by atoms with Crippen molar-refractivity contribution < 1.29 is 9.18 Å². The van der Waals surface area contributed by atoms with Crippen molar-refractivity contribution in [2.45, 2.75) is 44.9 Å². The van der Waals surface area contributed by atoms with E-state index >= 15 is 0 Å². The second-order valence-corrected chi connectivity index (χ2v) is 10.2. The predicted molar refractivity (Wildman–Crippen MR) is 138 cm³/mol. The summed E-state index contributed by atoms with van der Waals surface area (Å²) in [5.74, 6) is 6.67. The Balaban J connectivity index is 1.41. The minimum Gasteiger partial charge on any atom is -0.338 e. The summed E-state index contributed by atoms with van der Waals surface area (Å²) in [5.41, 5.74) is 4.04. The van der Waals surface area contributed by atoms with Crippen molar-refractivity contribution in [3.63, 3.8) is 0 Å². The molecule has 1 aromatic carbocycles. The van der Waals surface area contributed by atoms with Gasteiger partial charge >= 0.3 is 0 Å². The summed E-state index contributed by atoms with van der Waals surface area (Å²) in [4.78, 5) is 24.8. The van der Waals surface area contributed by atoms with Gasteiger partial charge in [0, 0.05) is 34.3 Å². The lowest BCUT2D eigenvalue weighted by Crippen LogP contribution is -2.31. The number of carbonyl (C=O) groups excluding carboxylic acids is 1. The summed E-state index contributed by atoms with van der Waals surface area (Å²) >= 11 is 6.10. The zero-order valence-corrected chi connectivity index (χ0v) is 21.2. The van der Waals surface area contributed by atoms with Crippen LogP contribution in [-0.2, 0) is 13.0 Å². The van der Waals surface area contributed by atoms with Crippen LogP contribution in [-0.4, -0.2) is 51.7 Å². The number of likely N-dealkylation sites (tertiary alicyclic amines) is 1. The van der Waals surface area contributed by atoms with Crippen LogP contribution < -0.4 is 5.32 Å². The number of imidazole rings is 1. The Morgan fingerprint density at radius 2 is 1.97 bits per heavy atom. The van der Waals surface area contributed by atoms with E-state index in [4.69, 9.17) is 11.6 Å². The topological polar surface area (TPSA) is 63.1 Å². The fraction of sp³-hybridized carbons (Fsp3) is 0.393. The maximum atomic E-state index is 14.1. The van der Waals surface area contributed by atoms with Gasteiger partial charge in [-0.2, -0.15) is 0 Å². The number of aromatic nitrogens is 3. The van der Waals surface area contributed by atoms with Crippen molar-refractivity contribution in [2.24, 2.45) is 5.92 Å². The number of hydrogen-bond acceptors (Lipinski definition) is 4. The molecule has 3 aromatic rings. The van der Waals surface area contributed by atoms with Crippen LogP contribution in [0.4, 0.5) is 4.39 Å². The van der Waals surface area contributed by atoms with E-state index in [0.717, 1.165) is 48.4 Å². The Morgan fingerprint density at radius 1 is 1.22 bits per heavy atom. The summed E-state index contributed by atoms with van der Waals surface area (Å²) in [6.45, 7) is 4.24. The highest BCUT2D eigenvalue weighted by molar-refractivity contribution is 6.30. The number of halogens is 2. The molecule has 0 aliphatic carbocycles. The van der Waals surface area contributed by atoms with Gasteiger partial charge in [-0.15, -0.1) is 0 Å². The Bertz CT molecular complexity index is 1320. The average molecular weight is 506 g/mol. The van der Waals surface area contributed by atoms with Crippen LogP contribution in [0, 0.1) is 24.7 Å². The lowest BCUT2D eigenvalue weighted by atomic mass is 9.97. The van der Waals surface area contributed by atoms with Crippen LogP contribution in [0.1, 0.15) is 57.6 Å². The van der Waals surface area contributed by atoms with E-state index < -0.39 is 12.2 Å². The monoisotopic (exact) mass is 505 g/mol. The summed E-state index contributed by atoms with van der Waals surface area (Å²) in [7, 11) is 2.13. The van der Waals surface area contributed by atoms with Crippen molar-refractivity contribution in [3.05, 3.63) is 81.7 Å². The summed E-state index contributed by atoms with van der Waals surface area (Å²) in [5, 5.41) is 3.68. The molecule has 0 saturated carbocycles. The van der Waals surface area contributed by atoms with Crippen molar-refractivity contribution in [3.8, 4) is 11.8 Å². The summed E-state index contributed by atoms with van der Waals surface area (Å²) in [6, 6.07) is 10.3. The van der Waals surface area contributed by atoms with Crippen LogP contribution >= 0.6 is 11.6 Å². The number of hydrogen-bond donors (Lipinski definition) is 1. The zero-order valence-electron chi connectivity index (χ0n) is 20.5. The largest absolute Gasteiger partial charge is 0.338 e. The van der Waals surface area contributed by atoms with E-state index in [0.29, 0.717) is 22.3 Å². The normalized spacial score (nSPS) is 18.8. The molecule has 1 unspecified atom stereocenters. The molecule has 36 heavy (non-hydrogen) atoms. The van der Waals surface area contributed by atoms with Gasteiger partial charge in [-0.25, -0.2) is 14.4 Å². The van der Waals surface area contributed by atoms with Crippen LogP contribution in [0.25, 0.3) is 0 Å². The van der Waals surface area contributed by atoms with Crippen molar-refractivity contribution >= 4 is 17.5 Å². The Kier molecular flexibility index (Phi) is 7.08. The van der Waals surface area contributed by atoms with Crippen molar-refractivity contribution in [2.75, 3.05) is 20.1 Å². The van der Waals surface area contributed by atoms with Crippen LogP contribution in [0.2, 0.25) is 5.02 Å². The molecule has 1 saturated heterocycles. The van der Waals surface area contributed by atoms with E-state index in [1.54, 1.807) is 24.5 Å². The second-order valence-electron chi connectivity index (χ2n) is 9.72. The van der Waals surface area contributed by atoms with Crippen molar-refractivity contribution in [1.82, 2.24) is 24.8 Å². The van der Waals surface area contributed by atoms with Gasteiger partial charge in [0.2, 0.25) is 0 Å². The van der Waals surface area contributed by atoms with E-state index in [-0.39, 0.29) is 18.9 Å². The van der Waals surface area contributed by atoms with E-state index in [1.807, 2.05) is 29.7 Å². The molecule has 8 heteroatoms. The third-order valence-electron chi connectivity index (χ3n) is 6.87. The maximum Gasteiger partial charge on any atom is 0.270 e. The lowest BCUT2D eigenvalue weighted by Gasteiger charge is -2.25. The Labute approximate surface area is 215 Å². The first-order valence-corrected chi connectivity index (χ1v) is 12.7. The molecule has 4 heterocycles. The molecule has 1 amide bonds. The Hall–Kier alpha value is -3.21. The third kappa shape index (κ3) is 5.45. The maximum absolute atomic E-state index is 14.1. The molecular weight excluding hydrogens is 477 g/mol. The highest BCUT2D eigenvalue weighted by Gasteiger charge is 2.30. The first-order chi connectivity index (χ1) is 17.4. The van der Waals surface area contributed by atoms with E-state index in [2.05, 4.69) is 39.1 Å². The number of benzene rings is 1. The van der Waals surface area contributed by atoms with Gasteiger partial charge in [-0.3, -0.25) is 4.79 Å². The number of nitrogens with zero attached hydrogens (tertiary/aromatic N) is 4. The molecule has 1 fully saturated rings. The number of amides is 1. The van der Waals surface area contributed by atoms with Crippen LogP contribution in [0.15, 0.2) is 42.7 Å². The first-order valence-electron chi connectivity index (χ1n) is 12.3. The van der Waals surface area contributed by atoms with Crippen LogP contribution in [0.3, 0.4) is 0 Å². The lowest BCUT2D eigenvalue weighted by molar-refractivity contribution is 0.0937. The van der Waals surface area contributed by atoms with E-state index in [9.17, 15) is 9.18 Å². The molecule has 6 nitrogen and oxygen atoms in total. The quantitative estimate of drug-likeness (QED) is 0.536. The standard InChI is InChI=1S/C28H29ClFN5O/c1-18-13-20(4-3-19-9-11-34(2)12-10-19)14-24(32-18)28(36)33-26(21-5-7-22(29)8-6-21)27-25-15-23(30)16-35(25)17-31-27/h5-8,13-14,17,19,23,26H,9-12,15-16H2,1-2H3,(H,33,36)/t23-,26?/m1/s1. The summed E-state index contributed by atoms with van der Waals surface area (Å²) < 4.78 is 15.9. The molecule has 186 valence electrons. The van der Waals surface area contributed by atoms with E-state index in [1.165, 1.54) is 0 Å². The highest BCUT2D eigenvalue weighted by atomic mass is 35.5. The molecule has 1 N–H and O–H groups in total. The molecular formula is C28H29ClFN5O. The third-order valence-corrected chi connectivity index (χ3v) is 7.12. The highest BCUT2D eigenvalue weighted by Crippen LogP contribution is 2.30. The average Bonchev–Trinajstić information content (AvgIpc) is 3.41. The number of carbonyl (C=O) groups is 1. The first kappa shape index (κ1) is 24.5. The number of nitrogens with one attached hydrogen (secondary N) is 1. The minimum absolute atomic E-state index is 0.273. The number of rotatable bonds is 4. The second kappa shape index (κ2) is 10.4. The number of pyridine rings is 1. The Morgan fingerprint density at radius 3 is 2.72 bits per heavy atom. The molecule has 2 aromatic heterocycles. The van der Waals surface area contributed by atoms with Gasteiger partial charge in [0.05, 0.1) is 24.6 Å². The van der Waals surface area contributed by atoms with Gasteiger partial charge in [0.15, 0.2) is 0 Å². The molecule has 0 spiro atoms.